The van der Waals surface area contributed by atoms with Crippen molar-refractivity contribution in [3.8, 4) is 0 Å². The summed E-state index contributed by atoms with van der Waals surface area (Å²) in [7, 11) is 0. The van der Waals surface area contributed by atoms with Crippen molar-refractivity contribution in [2.24, 2.45) is 5.41 Å². The summed E-state index contributed by atoms with van der Waals surface area (Å²) in [5, 5.41) is 14.1. The minimum absolute atomic E-state index is 0.152. The summed E-state index contributed by atoms with van der Waals surface area (Å²) in [6.45, 7) is 10.3. The van der Waals surface area contributed by atoms with E-state index in [0.717, 1.165) is 25.2 Å². The normalized spacial score (nSPS) is 18.4. The van der Waals surface area contributed by atoms with Crippen molar-refractivity contribution in [3.63, 3.8) is 0 Å². The molecule has 1 aliphatic heterocycles. The van der Waals surface area contributed by atoms with Gasteiger partial charge in [0.1, 0.15) is 5.69 Å². The molecule has 2 rings (SSSR count). The van der Waals surface area contributed by atoms with E-state index in [9.17, 15) is 10.1 Å². The van der Waals surface area contributed by atoms with Crippen LogP contribution in [0, 0.1) is 15.5 Å². The zero-order valence-electron chi connectivity index (χ0n) is 13.2. The van der Waals surface area contributed by atoms with Gasteiger partial charge in [-0.3, -0.25) is 15.0 Å². The Balaban J connectivity index is 2.13. The molecule has 0 aromatic heterocycles. The first-order chi connectivity index (χ1) is 9.91. The van der Waals surface area contributed by atoms with Gasteiger partial charge in [-0.25, -0.2) is 0 Å². The van der Waals surface area contributed by atoms with Crippen molar-refractivity contribution < 1.29 is 4.92 Å². The Bertz CT molecular complexity index is 514. The number of nitrogens with zero attached hydrogens (tertiary/aromatic N) is 2. The molecular weight excluding hydrogens is 266 g/mol. The van der Waals surface area contributed by atoms with E-state index in [1.165, 1.54) is 12.8 Å². The second-order valence-corrected chi connectivity index (χ2v) is 6.62. The molecule has 1 aliphatic rings. The third-order valence-electron chi connectivity index (χ3n) is 4.01. The number of hydrogen-bond acceptors (Lipinski definition) is 4. The van der Waals surface area contributed by atoms with Gasteiger partial charge in [-0.15, -0.1) is 0 Å². The summed E-state index contributed by atoms with van der Waals surface area (Å²) in [4.78, 5) is 13.2. The fourth-order valence-electron chi connectivity index (χ4n) is 3.11. The van der Waals surface area contributed by atoms with Crippen molar-refractivity contribution in [2.45, 2.75) is 40.2 Å². The molecule has 0 unspecified atom stereocenters. The lowest BCUT2D eigenvalue weighted by molar-refractivity contribution is -0.384. The van der Waals surface area contributed by atoms with Gasteiger partial charge in [-0.1, -0.05) is 19.9 Å². The Morgan fingerprint density at radius 1 is 1.43 bits per heavy atom. The van der Waals surface area contributed by atoms with Crippen LogP contribution in [0.1, 0.15) is 39.2 Å². The minimum atomic E-state index is -0.328. The van der Waals surface area contributed by atoms with Crippen LogP contribution < -0.4 is 5.32 Å². The van der Waals surface area contributed by atoms with Crippen LogP contribution in [0.5, 0.6) is 0 Å². The monoisotopic (exact) mass is 291 g/mol. The zero-order valence-corrected chi connectivity index (χ0v) is 13.2. The molecule has 21 heavy (non-hydrogen) atoms. The first kappa shape index (κ1) is 15.8. The summed E-state index contributed by atoms with van der Waals surface area (Å²) >= 11 is 0. The van der Waals surface area contributed by atoms with E-state index in [4.69, 9.17) is 0 Å². The molecule has 0 bridgehead atoms. The Kier molecular flexibility index (Phi) is 4.83. The first-order valence-corrected chi connectivity index (χ1v) is 7.65. The highest BCUT2D eigenvalue weighted by atomic mass is 16.6. The number of nitro benzene ring substituents is 1. The summed E-state index contributed by atoms with van der Waals surface area (Å²) in [6.07, 6.45) is 2.49. The molecule has 0 saturated carbocycles. The highest BCUT2D eigenvalue weighted by molar-refractivity contribution is 5.62. The van der Waals surface area contributed by atoms with Gasteiger partial charge in [0.15, 0.2) is 0 Å². The van der Waals surface area contributed by atoms with Crippen LogP contribution in [-0.4, -0.2) is 29.5 Å². The second kappa shape index (κ2) is 6.43. The van der Waals surface area contributed by atoms with Crippen LogP contribution in [0.4, 0.5) is 11.4 Å². The van der Waals surface area contributed by atoms with E-state index >= 15 is 0 Å². The Labute approximate surface area is 126 Å². The topological polar surface area (TPSA) is 58.4 Å². The molecule has 1 aromatic rings. The van der Waals surface area contributed by atoms with E-state index in [1.807, 2.05) is 19.1 Å². The molecule has 1 fully saturated rings. The van der Waals surface area contributed by atoms with Crippen LogP contribution in [0.3, 0.4) is 0 Å². The quantitative estimate of drug-likeness (QED) is 0.664. The van der Waals surface area contributed by atoms with E-state index in [-0.39, 0.29) is 10.6 Å². The van der Waals surface area contributed by atoms with Crippen LogP contribution in [0.15, 0.2) is 18.2 Å². The predicted molar refractivity (Wildman–Crippen MR) is 85.6 cm³/mol. The number of nitro groups is 1. The van der Waals surface area contributed by atoms with Gasteiger partial charge in [0.25, 0.3) is 5.69 Å². The molecule has 1 N–H and O–H groups in total. The van der Waals surface area contributed by atoms with Gasteiger partial charge in [0, 0.05) is 25.7 Å². The summed E-state index contributed by atoms with van der Waals surface area (Å²) < 4.78 is 0. The summed E-state index contributed by atoms with van der Waals surface area (Å²) in [6, 6.07) is 5.41. The third-order valence-corrected chi connectivity index (χ3v) is 4.01. The number of likely N-dealkylation sites (tertiary alicyclic amines) is 1. The van der Waals surface area contributed by atoms with Crippen molar-refractivity contribution in [3.05, 3.63) is 33.9 Å². The summed E-state index contributed by atoms with van der Waals surface area (Å²) in [5.74, 6) is 0. The van der Waals surface area contributed by atoms with Crippen molar-refractivity contribution in [1.82, 2.24) is 4.90 Å². The molecular formula is C16H25N3O2. The van der Waals surface area contributed by atoms with Crippen LogP contribution in [0.2, 0.25) is 0 Å². The van der Waals surface area contributed by atoms with E-state index < -0.39 is 0 Å². The molecule has 0 aliphatic carbocycles. The van der Waals surface area contributed by atoms with E-state index in [2.05, 4.69) is 24.1 Å². The lowest BCUT2D eigenvalue weighted by Crippen LogP contribution is -2.39. The van der Waals surface area contributed by atoms with Gasteiger partial charge in [0.2, 0.25) is 0 Å². The summed E-state index contributed by atoms with van der Waals surface area (Å²) in [5.41, 5.74) is 2.27. The van der Waals surface area contributed by atoms with Gasteiger partial charge in [-0.2, -0.15) is 0 Å². The molecule has 0 amide bonds. The molecule has 1 aromatic carbocycles. The second-order valence-electron chi connectivity index (χ2n) is 6.62. The van der Waals surface area contributed by atoms with Gasteiger partial charge < -0.3 is 5.32 Å². The highest BCUT2D eigenvalue weighted by Gasteiger charge is 2.26. The van der Waals surface area contributed by atoms with Gasteiger partial charge >= 0.3 is 0 Å². The number of rotatable bonds is 5. The number of nitrogens with one attached hydrogen (secondary N) is 1. The van der Waals surface area contributed by atoms with Crippen molar-refractivity contribution >= 4 is 11.4 Å². The molecule has 1 heterocycles. The number of benzene rings is 1. The minimum Gasteiger partial charge on any atom is -0.380 e. The maximum atomic E-state index is 11.0. The lowest BCUT2D eigenvalue weighted by atomic mass is 9.84. The van der Waals surface area contributed by atoms with Gasteiger partial charge in [-0.05, 0) is 43.4 Å². The standard InChI is InChI=1S/C16H25N3O2/c1-4-17-14-10-13(6-7-15(14)19(20)21)11-18-9-5-8-16(2,3)12-18/h6-7,10,17H,4-5,8-9,11-12H2,1-3H3. The molecule has 0 atom stereocenters. The van der Waals surface area contributed by atoms with Crippen molar-refractivity contribution in [2.75, 3.05) is 25.0 Å². The third kappa shape index (κ3) is 4.17. The molecule has 5 nitrogen and oxygen atoms in total. The average molecular weight is 291 g/mol. The Morgan fingerprint density at radius 3 is 2.81 bits per heavy atom. The van der Waals surface area contributed by atoms with Crippen molar-refractivity contribution in [1.29, 1.82) is 0 Å². The number of anilines is 1. The largest absolute Gasteiger partial charge is 0.380 e. The number of hydrogen-bond donors (Lipinski definition) is 1. The lowest BCUT2D eigenvalue weighted by Gasteiger charge is -2.38. The smallest absolute Gasteiger partial charge is 0.292 e. The maximum Gasteiger partial charge on any atom is 0.292 e. The highest BCUT2D eigenvalue weighted by Crippen LogP contribution is 2.30. The van der Waals surface area contributed by atoms with E-state index in [1.54, 1.807) is 6.07 Å². The van der Waals surface area contributed by atoms with Crippen LogP contribution in [0.25, 0.3) is 0 Å². The molecule has 1 saturated heterocycles. The Hall–Kier alpha value is -1.62. The zero-order chi connectivity index (χ0) is 15.5. The first-order valence-electron chi connectivity index (χ1n) is 7.65. The SMILES string of the molecule is CCNc1cc(CN2CCCC(C)(C)C2)ccc1[N+](=O)[O-]. The maximum absolute atomic E-state index is 11.0. The fraction of sp³-hybridized carbons (Fsp3) is 0.625. The molecule has 5 heteroatoms. The van der Waals surface area contributed by atoms with Crippen LogP contribution in [-0.2, 0) is 6.54 Å². The van der Waals surface area contributed by atoms with Crippen LogP contribution >= 0.6 is 0 Å². The predicted octanol–water partition coefficient (Wildman–Crippen LogP) is 3.65. The average Bonchev–Trinajstić information content (AvgIpc) is 2.37. The van der Waals surface area contributed by atoms with E-state index in [0.29, 0.717) is 17.6 Å². The number of piperidine rings is 1. The molecule has 0 spiro atoms. The van der Waals surface area contributed by atoms with Gasteiger partial charge in [0.05, 0.1) is 4.92 Å². The Morgan fingerprint density at radius 2 is 2.19 bits per heavy atom. The molecule has 116 valence electrons. The fourth-order valence-corrected chi connectivity index (χ4v) is 3.11. The molecule has 0 radical (unpaired) electrons.